The van der Waals surface area contributed by atoms with Gasteiger partial charge in [-0.15, -0.1) is 0 Å². The Kier molecular flexibility index (Phi) is 5.29. The Labute approximate surface area is 153 Å². The number of benzene rings is 1. The minimum Gasteiger partial charge on any atom is -0.323 e. The highest BCUT2D eigenvalue weighted by atomic mass is 19.4. The second kappa shape index (κ2) is 7.65. The van der Waals surface area contributed by atoms with Gasteiger partial charge in [-0.25, -0.2) is 0 Å². The number of alkyl halides is 3. The number of carbonyl (C=O) groups excluding carboxylic acids is 1. The number of halogens is 3. The zero-order valence-corrected chi connectivity index (χ0v) is 14.6. The second-order valence-corrected chi connectivity index (χ2v) is 6.14. The Hall–Kier alpha value is -3.10. The summed E-state index contributed by atoms with van der Waals surface area (Å²) < 4.78 is 41.5. The van der Waals surface area contributed by atoms with Gasteiger partial charge in [0.2, 0.25) is 5.91 Å². The molecule has 0 atom stereocenters. The molecule has 0 aliphatic heterocycles. The number of hydrogen-bond donors (Lipinski definition) is 1. The lowest BCUT2D eigenvalue weighted by atomic mass is 10.1. The largest absolute Gasteiger partial charge is 0.416 e. The topological polar surface area (TPSA) is 64.7 Å². The first kappa shape index (κ1) is 18.7. The third-order valence-electron chi connectivity index (χ3n) is 3.86. The number of aryl methyl sites for hydroxylation is 2. The smallest absolute Gasteiger partial charge is 0.323 e. The zero-order valence-electron chi connectivity index (χ0n) is 14.6. The molecule has 0 aliphatic carbocycles. The summed E-state index contributed by atoms with van der Waals surface area (Å²) >= 11 is 0. The van der Waals surface area contributed by atoms with Gasteiger partial charge in [0.1, 0.15) is 0 Å². The van der Waals surface area contributed by atoms with E-state index in [1.54, 1.807) is 23.1 Å². The molecule has 2 heterocycles. The molecular weight excluding hydrogens is 359 g/mol. The van der Waals surface area contributed by atoms with Gasteiger partial charge in [0.05, 0.1) is 29.7 Å². The van der Waals surface area contributed by atoms with Crippen LogP contribution in [0.3, 0.4) is 0 Å². The predicted molar refractivity (Wildman–Crippen MR) is 93.0 cm³/mol. The molecule has 0 saturated heterocycles. The van der Waals surface area contributed by atoms with Crippen LogP contribution in [0.1, 0.15) is 23.2 Å². The predicted octanol–water partition coefficient (Wildman–Crippen LogP) is 3.48. The number of rotatable bonds is 6. The number of hydrogen-bond acceptors (Lipinski definition) is 3. The van der Waals surface area contributed by atoms with Crippen LogP contribution in [-0.4, -0.2) is 25.5 Å². The van der Waals surface area contributed by atoms with Crippen molar-refractivity contribution in [2.75, 3.05) is 5.32 Å². The van der Waals surface area contributed by atoms with Crippen LogP contribution in [0.2, 0.25) is 0 Å². The first-order valence-electron chi connectivity index (χ1n) is 8.28. The molecule has 3 rings (SSSR count). The van der Waals surface area contributed by atoms with Gasteiger partial charge in [-0.05, 0) is 30.7 Å². The van der Waals surface area contributed by atoms with E-state index in [1.807, 2.05) is 13.0 Å². The van der Waals surface area contributed by atoms with Crippen molar-refractivity contribution in [2.24, 2.45) is 0 Å². The highest BCUT2D eigenvalue weighted by Gasteiger charge is 2.30. The Morgan fingerprint density at radius 1 is 1.22 bits per heavy atom. The second-order valence-electron chi connectivity index (χ2n) is 6.14. The highest BCUT2D eigenvalue weighted by molar-refractivity contribution is 5.90. The standard InChI is InChI=1S/C18H18F3N5O/c1-13-5-7-25(24-13)8-6-17(27)23-16-10-22-26(12-16)11-14-3-2-4-15(9-14)18(19,20)21/h2-5,7,9-10,12H,6,8,11H2,1H3,(H,23,27). The lowest BCUT2D eigenvalue weighted by molar-refractivity contribution is -0.137. The molecule has 0 unspecified atom stereocenters. The molecule has 1 amide bonds. The van der Waals surface area contributed by atoms with Crippen LogP contribution in [-0.2, 0) is 24.1 Å². The number of aromatic nitrogens is 4. The molecule has 3 aromatic rings. The lowest BCUT2D eigenvalue weighted by Gasteiger charge is -2.08. The SMILES string of the molecule is Cc1ccn(CCC(=O)Nc2cnn(Cc3cccc(C(F)(F)F)c3)c2)n1. The van der Waals surface area contributed by atoms with E-state index in [0.717, 1.165) is 17.8 Å². The molecule has 1 N–H and O–H groups in total. The normalized spacial score (nSPS) is 11.6. The van der Waals surface area contributed by atoms with E-state index in [2.05, 4.69) is 15.5 Å². The fourth-order valence-corrected chi connectivity index (χ4v) is 2.57. The Morgan fingerprint density at radius 2 is 2.04 bits per heavy atom. The van der Waals surface area contributed by atoms with E-state index in [-0.39, 0.29) is 18.9 Å². The maximum Gasteiger partial charge on any atom is 0.416 e. The Morgan fingerprint density at radius 3 is 2.74 bits per heavy atom. The first-order valence-corrected chi connectivity index (χ1v) is 8.28. The third kappa shape index (κ3) is 5.19. The Balaban J connectivity index is 1.56. The van der Waals surface area contributed by atoms with Gasteiger partial charge in [0.25, 0.3) is 0 Å². The van der Waals surface area contributed by atoms with Crippen molar-refractivity contribution in [2.45, 2.75) is 32.6 Å². The van der Waals surface area contributed by atoms with Crippen molar-refractivity contribution in [3.8, 4) is 0 Å². The number of amides is 1. The van der Waals surface area contributed by atoms with E-state index >= 15 is 0 Å². The van der Waals surface area contributed by atoms with Gasteiger partial charge in [-0.3, -0.25) is 14.2 Å². The molecule has 9 heteroatoms. The number of anilines is 1. The summed E-state index contributed by atoms with van der Waals surface area (Å²) in [7, 11) is 0. The van der Waals surface area contributed by atoms with Gasteiger partial charge >= 0.3 is 6.18 Å². The van der Waals surface area contributed by atoms with Crippen molar-refractivity contribution in [3.05, 3.63) is 65.7 Å². The van der Waals surface area contributed by atoms with E-state index in [0.29, 0.717) is 17.8 Å². The van der Waals surface area contributed by atoms with Crippen LogP contribution in [0.25, 0.3) is 0 Å². The summed E-state index contributed by atoms with van der Waals surface area (Å²) in [5.74, 6) is -0.193. The maximum atomic E-state index is 12.8. The minimum atomic E-state index is -4.38. The molecule has 0 bridgehead atoms. The van der Waals surface area contributed by atoms with Crippen molar-refractivity contribution in [3.63, 3.8) is 0 Å². The van der Waals surface area contributed by atoms with Crippen molar-refractivity contribution in [1.82, 2.24) is 19.6 Å². The van der Waals surface area contributed by atoms with Crippen LogP contribution in [0.15, 0.2) is 48.9 Å². The summed E-state index contributed by atoms with van der Waals surface area (Å²) in [4.78, 5) is 12.0. The lowest BCUT2D eigenvalue weighted by Crippen LogP contribution is -2.14. The summed E-state index contributed by atoms with van der Waals surface area (Å²) in [5.41, 5.74) is 1.14. The first-order chi connectivity index (χ1) is 12.8. The molecule has 27 heavy (non-hydrogen) atoms. The van der Waals surface area contributed by atoms with Gasteiger partial charge in [0.15, 0.2) is 0 Å². The van der Waals surface area contributed by atoms with Crippen LogP contribution < -0.4 is 5.32 Å². The third-order valence-corrected chi connectivity index (χ3v) is 3.86. The average molecular weight is 377 g/mol. The quantitative estimate of drug-likeness (QED) is 0.715. The Bertz CT molecular complexity index is 929. The summed E-state index contributed by atoms with van der Waals surface area (Å²) in [6.45, 7) is 2.50. The van der Waals surface area contributed by atoms with Crippen LogP contribution >= 0.6 is 0 Å². The average Bonchev–Trinajstić information content (AvgIpc) is 3.21. The van der Waals surface area contributed by atoms with E-state index in [1.165, 1.54) is 16.9 Å². The molecule has 142 valence electrons. The monoisotopic (exact) mass is 377 g/mol. The van der Waals surface area contributed by atoms with Crippen molar-refractivity contribution in [1.29, 1.82) is 0 Å². The van der Waals surface area contributed by atoms with Crippen molar-refractivity contribution >= 4 is 11.6 Å². The van der Waals surface area contributed by atoms with Crippen molar-refractivity contribution < 1.29 is 18.0 Å². The van der Waals surface area contributed by atoms with E-state index in [4.69, 9.17) is 0 Å². The maximum absolute atomic E-state index is 12.8. The fourth-order valence-electron chi connectivity index (χ4n) is 2.57. The van der Waals surface area contributed by atoms with Gasteiger partial charge in [0, 0.05) is 25.4 Å². The molecule has 0 spiro atoms. The molecule has 6 nitrogen and oxygen atoms in total. The number of carbonyl (C=O) groups is 1. The number of nitrogens with zero attached hydrogens (tertiary/aromatic N) is 4. The summed E-state index contributed by atoms with van der Waals surface area (Å²) in [5, 5.41) is 11.0. The molecular formula is C18H18F3N5O. The fraction of sp³-hybridized carbons (Fsp3) is 0.278. The van der Waals surface area contributed by atoms with Gasteiger partial charge in [-0.2, -0.15) is 23.4 Å². The molecule has 0 aliphatic rings. The van der Waals surface area contributed by atoms with Crippen LogP contribution in [0.4, 0.5) is 18.9 Å². The molecule has 0 radical (unpaired) electrons. The van der Waals surface area contributed by atoms with E-state index < -0.39 is 11.7 Å². The van der Waals surface area contributed by atoms with Crippen LogP contribution in [0.5, 0.6) is 0 Å². The van der Waals surface area contributed by atoms with Gasteiger partial charge in [-0.1, -0.05) is 12.1 Å². The molecule has 1 aromatic carbocycles. The van der Waals surface area contributed by atoms with Crippen LogP contribution in [0, 0.1) is 6.92 Å². The minimum absolute atomic E-state index is 0.173. The molecule has 0 fully saturated rings. The highest BCUT2D eigenvalue weighted by Crippen LogP contribution is 2.29. The summed E-state index contributed by atoms with van der Waals surface area (Å²) in [6.07, 6.45) is 0.710. The molecule has 0 saturated carbocycles. The summed E-state index contributed by atoms with van der Waals surface area (Å²) in [6, 6.07) is 6.93. The zero-order chi connectivity index (χ0) is 19.4. The van der Waals surface area contributed by atoms with E-state index in [9.17, 15) is 18.0 Å². The van der Waals surface area contributed by atoms with Gasteiger partial charge < -0.3 is 5.32 Å². The molecule has 2 aromatic heterocycles. The number of nitrogens with one attached hydrogen (secondary N) is 1.